The Hall–Kier alpha value is -2.98. The topological polar surface area (TPSA) is 113 Å². The second-order valence-corrected chi connectivity index (χ2v) is 10.2. The van der Waals surface area contributed by atoms with Gasteiger partial charge in [-0.15, -0.1) is 0 Å². The Kier molecular flexibility index (Phi) is 6.94. The van der Waals surface area contributed by atoms with Gasteiger partial charge in [-0.3, -0.25) is 14.9 Å². The predicted octanol–water partition coefficient (Wildman–Crippen LogP) is 2.49. The number of aryl methyl sites for hydroxylation is 2. The molecule has 4 rings (SSSR count). The molecule has 0 atom stereocenters. The van der Waals surface area contributed by atoms with Crippen LogP contribution in [0.15, 0.2) is 47.4 Å². The number of hydrogen-bond acceptors (Lipinski definition) is 6. The maximum absolute atomic E-state index is 12.7. The molecule has 0 spiro atoms. The number of amides is 1. The summed E-state index contributed by atoms with van der Waals surface area (Å²) >= 11 is 0. The van der Waals surface area contributed by atoms with E-state index in [2.05, 4.69) is 4.72 Å². The van der Waals surface area contributed by atoms with Crippen LogP contribution in [0.2, 0.25) is 0 Å². The number of nitrogens with zero attached hydrogens (tertiary/aromatic N) is 3. The highest BCUT2D eigenvalue weighted by molar-refractivity contribution is 7.89. The smallest absolute Gasteiger partial charge is 0.292 e. The fourth-order valence-electron chi connectivity index (χ4n) is 4.49. The summed E-state index contributed by atoms with van der Waals surface area (Å²) in [6.07, 6.45) is 4.16. The average Bonchev–Trinajstić information content (AvgIpc) is 2.83. The highest BCUT2D eigenvalue weighted by Crippen LogP contribution is 2.28. The van der Waals surface area contributed by atoms with Crippen LogP contribution >= 0.6 is 0 Å². The first kappa shape index (κ1) is 23.2. The first-order chi connectivity index (χ1) is 15.8. The maximum atomic E-state index is 12.7. The minimum atomic E-state index is -3.67. The van der Waals surface area contributed by atoms with Gasteiger partial charge in [0.05, 0.1) is 9.82 Å². The van der Waals surface area contributed by atoms with Crippen molar-refractivity contribution in [3.63, 3.8) is 0 Å². The van der Waals surface area contributed by atoms with E-state index in [-0.39, 0.29) is 29.5 Å². The van der Waals surface area contributed by atoms with Gasteiger partial charge < -0.3 is 9.80 Å². The number of nitrogens with one attached hydrogen (secondary N) is 1. The third kappa shape index (κ3) is 5.33. The van der Waals surface area contributed by atoms with Crippen molar-refractivity contribution < 1.29 is 18.1 Å². The zero-order valence-electron chi connectivity index (χ0n) is 18.4. The van der Waals surface area contributed by atoms with Gasteiger partial charge in [-0.25, -0.2) is 13.1 Å². The van der Waals surface area contributed by atoms with E-state index in [9.17, 15) is 23.3 Å². The van der Waals surface area contributed by atoms with Crippen molar-refractivity contribution in [2.75, 3.05) is 37.6 Å². The molecule has 2 aromatic rings. The lowest BCUT2D eigenvalue weighted by Gasteiger charge is -2.35. The van der Waals surface area contributed by atoms with E-state index < -0.39 is 14.9 Å². The number of piperazine rings is 1. The molecule has 2 aromatic carbocycles. The van der Waals surface area contributed by atoms with Gasteiger partial charge in [-0.2, -0.15) is 0 Å². The largest absolute Gasteiger partial charge is 0.362 e. The lowest BCUT2D eigenvalue weighted by molar-refractivity contribution is -0.384. The van der Waals surface area contributed by atoms with Crippen LogP contribution in [0.4, 0.5) is 11.4 Å². The van der Waals surface area contributed by atoms with E-state index in [4.69, 9.17) is 0 Å². The number of nitro benzene ring substituents is 1. The third-order valence-corrected chi connectivity index (χ3v) is 7.77. The molecule has 1 saturated heterocycles. The summed E-state index contributed by atoms with van der Waals surface area (Å²) in [7, 11) is -3.67. The average molecular weight is 473 g/mol. The van der Waals surface area contributed by atoms with E-state index in [1.54, 1.807) is 35.2 Å². The molecule has 1 amide bonds. The van der Waals surface area contributed by atoms with Crippen LogP contribution in [0.3, 0.4) is 0 Å². The third-order valence-electron chi connectivity index (χ3n) is 6.31. The number of benzene rings is 2. The van der Waals surface area contributed by atoms with Crippen LogP contribution in [-0.2, 0) is 27.7 Å². The number of nitro groups is 1. The zero-order chi connectivity index (χ0) is 23.4. The molecular formula is C23H28N4O5S. The highest BCUT2D eigenvalue weighted by atomic mass is 32.2. The Morgan fingerprint density at radius 3 is 2.42 bits per heavy atom. The lowest BCUT2D eigenvalue weighted by Crippen LogP contribution is -2.49. The Labute approximate surface area is 193 Å². The summed E-state index contributed by atoms with van der Waals surface area (Å²) in [5.41, 5.74) is 2.91. The van der Waals surface area contributed by atoms with Crippen LogP contribution in [-0.4, -0.2) is 56.9 Å². The molecule has 10 heteroatoms. The number of para-hydroxylation sites is 2. The quantitative estimate of drug-likeness (QED) is 0.489. The van der Waals surface area contributed by atoms with Gasteiger partial charge in [0, 0.05) is 45.2 Å². The SMILES string of the molecule is O=C(CCNS(=O)(=O)c1ccc2c(c1)CCCC2)N1CCN(c2ccccc2[N+](=O)[O-])CC1. The summed E-state index contributed by atoms with van der Waals surface area (Å²) in [5.74, 6) is -0.134. The van der Waals surface area contributed by atoms with Gasteiger partial charge in [0.1, 0.15) is 5.69 Å². The van der Waals surface area contributed by atoms with Crippen LogP contribution in [0.1, 0.15) is 30.4 Å². The van der Waals surface area contributed by atoms with Gasteiger partial charge >= 0.3 is 0 Å². The van der Waals surface area contributed by atoms with Gasteiger partial charge in [-0.05, 0) is 55.0 Å². The molecule has 33 heavy (non-hydrogen) atoms. The molecule has 0 aromatic heterocycles. The van der Waals surface area contributed by atoms with E-state index in [0.29, 0.717) is 31.9 Å². The molecule has 0 saturated carbocycles. The molecule has 1 aliphatic heterocycles. The Balaban J connectivity index is 1.28. The number of anilines is 1. The molecule has 0 unspecified atom stereocenters. The Morgan fingerprint density at radius 1 is 1.00 bits per heavy atom. The number of carbonyl (C=O) groups excluding carboxylic acids is 1. The van der Waals surface area contributed by atoms with Crippen LogP contribution < -0.4 is 9.62 Å². The number of carbonyl (C=O) groups is 1. The van der Waals surface area contributed by atoms with Crippen molar-refractivity contribution in [2.24, 2.45) is 0 Å². The summed E-state index contributed by atoms with van der Waals surface area (Å²) in [5, 5.41) is 11.3. The van der Waals surface area contributed by atoms with E-state index >= 15 is 0 Å². The maximum Gasteiger partial charge on any atom is 0.292 e. The number of sulfonamides is 1. The first-order valence-corrected chi connectivity index (χ1v) is 12.7. The van der Waals surface area contributed by atoms with Crippen LogP contribution in [0, 0.1) is 10.1 Å². The Morgan fingerprint density at radius 2 is 1.70 bits per heavy atom. The van der Waals surface area contributed by atoms with Crippen molar-refractivity contribution >= 4 is 27.3 Å². The van der Waals surface area contributed by atoms with Crippen molar-refractivity contribution in [1.29, 1.82) is 0 Å². The summed E-state index contributed by atoms with van der Waals surface area (Å²) < 4.78 is 27.9. The highest BCUT2D eigenvalue weighted by Gasteiger charge is 2.26. The fraction of sp³-hybridized carbons (Fsp3) is 0.435. The number of fused-ring (bicyclic) bond motifs is 1. The molecule has 2 aliphatic rings. The summed E-state index contributed by atoms with van der Waals surface area (Å²) in [4.78, 5) is 27.3. The van der Waals surface area contributed by atoms with E-state index in [0.717, 1.165) is 31.2 Å². The molecule has 1 heterocycles. The molecule has 0 bridgehead atoms. The van der Waals surface area contributed by atoms with E-state index in [1.807, 2.05) is 11.0 Å². The van der Waals surface area contributed by atoms with Crippen LogP contribution in [0.5, 0.6) is 0 Å². The monoisotopic (exact) mass is 472 g/mol. The molecule has 1 N–H and O–H groups in total. The molecule has 176 valence electrons. The minimum absolute atomic E-state index is 0.0304. The number of rotatable bonds is 7. The molecular weight excluding hydrogens is 444 g/mol. The summed E-state index contributed by atoms with van der Waals surface area (Å²) in [6.45, 7) is 1.86. The van der Waals surface area contributed by atoms with Gasteiger partial charge in [0.15, 0.2) is 0 Å². The van der Waals surface area contributed by atoms with Gasteiger partial charge in [0.25, 0.3) is 5.69 Å². The van der Waals surface area contributed by atoms with Crippen molar-refractivity contribution in [3.8, 4) is 0 Å². The molecule has 1 aliphatic carbocycles. The van der Waals surface area contributed by atoms with Gasteiger partial charge in [0.2, 0.25) is 15.9 Å². The van der Waals surface area contributed by atoms with Crippen molar-refractivity contribution in [1.82, 2.24) is 9.62 Å². The number of hydrogen-bond donors (Lipinski definition) is 1. The van der Waals surface area contributed by atoms with Crippen molar-refractivity contribution in [3.05, 3.63) is 63.7 Å². The molecule has 1 fully saturated rings. The lowest BCUT2D eigenvalue weighted by atomic mass is 9.92. The normalized spacial score (nSPS) is 16.4. The first-order valence-electron chi connectivity index (χ1n) is 11.2. The predicted molar refractivity (Wildman–Crippen MR) is 125 cm³/mol. The van der Waals surface area contributed by atoms with E-state index in [1.165, 1.54) is 11.6 Å². The Bertz CT molecular complexity index is 1140. The minimum Gasteiger partial charge on any atom is -0.362 e. The van der Waals surface area contributed by atoms with Crippen molar-refractivity contribution in [2.45, 2.75) is 37.0 Å². The fourth-order valence-corrected chi connectivity index (χ4v) is 5.58. The zero-order valence-corrected chi connectivity index (χ0v) is 19.2. The van der Waals surface area contributed by atoms with Gasteiger partial charge in [-0.1, -0.05) is 18.2 Å². The second kappa shape index (κ2) is 9.88. The second-order valence-electron chi connectivity index (χ2n) is 8.40. The summed E-state index contributed by atoms with van der Waals surface area (Å²) in [6, 6.07) is 11.9. The molecule has 0 radical (unpaired) electrons. The van der Waals surface area contributed by atoms with Crippen LogP contribution in [0.25, 0.3) is 0 Å². The standard InChI is InChI=1S/C23H28N4O5S/c28-23(26-15-13-25(14-16-26)21-7-3-4-8-22(21)27(29)30)11-12-24-33(31,32)20-10-9-18-5-1-2-6-19(18)17-20/h3-4,7-10,17,24H,1-2,5-6,11-16H2. The molecule has 9 nitrogen and oxygen atoms in total.